The van der Waals surface area contributed by atoms with Gasteiger partial charge in [-0.2, -0.15) is 0 Å². The molecule has 1 amide bonds. The molecule has 0 unspecified atom stereocenters. The van der Waals surface area contributed by atoms with Crippen LogP contribution in [-0.2, 0) is 16.4 Å². The van der Waals surface area contributed by atoms with Gasteiger partial charge >= 0.3 is 0 Å². The summed E-state index contributed by atoms with van der Waals surface area (Å²) in [6.07, 6.45) is 3.31. The Kier molecular flexibility index (Phi) is 4.81. The van der Waals surface area contributed by atoms with E-state index in [1.165, 1.54) is 0 Å². The number of nitrogens with zero attached hydrogens (tertiary/aromatic N) is 4. The van der Waals surface area contributed by atoms with Gasteiger partial charge in [-0.1, -0.05) is 0 Å². The molecule has 2 aromatic rings. The number of hydrogen-bond acceptors (Lipinski definition) is 7. The van der Waals surface area contributed by atoms with Gasteiger partial charge in [0.1, 0.15) is 10.8 Å². The Morgan fingerprint density at radius 1 is 1.29 bits per heavy atom. The van der Waals surface area contributed by atoms with Crippen LogP contribution in [-0.4, -0.2) is 60.8 Å². The van der Waals surface area contributed by atoms with Crippen molar-refractivity contribution < 1.29 is 13.2 Å². The van der Waals surface area contributed by atoms with Crippen LogP contribution in [0.1, 0.15) is 15.4 Å². The third kappa shape index (κ3) is 3.90. The molecule has 9 heteroatoms. The fraction of sp³-hybridized carbons (Fsp3) is 0.400. The van der Waals surface area contributed by atoms with Gasteiger partial charge in [0.25, 0.3) is 5.91 Å². The molecule has 0 N–H and O–H groups in total. The van der Waals surface area contributed by atoms with Crippen molar-refractivity contribution in [2.45, 2.75) is 6.54 Å². The summed E-state index contributed by atoms with van der Waals surface area (Å²) < 4.78 is 22.9. The van der Waals surface area contributed by atoms with Crippen molar-refractivity contribution in [1.82, 2.24) is 14.9 Å². The molecule has 0 aliphatic carbocycles. The minimum absolute atomic E-state index is 0.0286. The van der Waals surface area contributed by atoms with Crippen molar-refractivity contribution in [2.24, 2.45) is 0 Å². The molecule has 3 rings (SSSR count). The average Bonchev–Trinajstić information content (AvgIpc) is 3.07. The molecule has 0 spiro atoms. The lowest BCUT2D eigenvalue weighted by Gasteiger charge is -2.26. The van der Waals surface area contributed by atoms with Crippen LogP contribution in [0.25, 0.3) is 0 Å². The van der Waals surface area contributed by atoms with Gasteiger partial charge in [-0.25, -0.2) is 18.4 Å². The molecule has 2 aromatic heterocycles. The molecule has 0 atom stereocenters. The van der Waals surface area contributed by atoms with Crippen LogP contribution in [0.2, 0.25) is 0 Å². The summed E-state index contributed by atoms with van der Waals surface area (Å²) in [6.45, 7) is 1.14. The summed E-state index contributed by atoms with van der Waals surface area (Å²) in [4.78, 5) is 24.5. The smallest absolute Gasteiger partial charge is 0.255 e. The Labute approximate surface area is 144 Å². The third-order valence-corrected chi connectivity index (χ3v) is 6.25. The minimum atomic E-state index is -3.00. The number of aromatic nitrogens is 2. The van der Waals surface area contributed by atoms with Crippen LogP contribution in [0.15, 0.2) is 29.9 Å². The molecule has 0 aromatic carbocycles. The molecular formula is C15H18N4O3S2. The number of sulfone groups is 1. The minimum Gasteiger partial charge on any atom is -0.353 e. The highest BCUT2D eigenvalue weighted by molar-refractivity contribution is 7.91. The highest BCUT2D eigenvalue weighted by atomic mass is 32.2. The molecule has 1 aliphatic rings. The van der Waals surface area contributed by atoms with E-state index in [4.69, 9.17) is 0 Å². The fourth-order valence-corrected chi connectivity index (χ4v) is 4.32. The van der Waals surface area contributed by atoms with Gasteiger partial charge in [-0.15, -0.1) is 11.3 Å². The highest BCUT2D eigenvalue weighted by Crippen LogP contribution is 2.16. The normalized spacial score (nSPS) is 16.8. The number of pyridine rings is 1. The lowest BCUT2D eigenvalue weighted by Crippen LogP contribution is -2.43. The van der Waals surface area contributed by atoms with E-state index in [1.807, 2.05) is 17.3 Å². The number of hydrogen-bond donors (Lipinski definition) is 0. The van der Waals surface area contributed by atoms with E-state index in [-0.39, 0.29) is 30.5 Å². The van der Waals surface area contributed by atoms with Crippen LogP contribution >= 0.6 is 11.3 Å². The second kappa shape index (κ2) is 6.86. The maximum atomic E-state index is 12.4. The van der Waals surface area contributed by atoms with Crippen molar-refractivity contribution in [2.75, 3.05) is 36.5 Å². The van der Waals surface area contributed by atoms with E-state index in [0.717, 1.165) is 10.8 Å². The number of amides is 1. The number of rotatable bonds is 4. The zero-order valence-electron chi connectivity index (χ0n) is 13.3. The molecule has 0 bridgehead atoms. The average molecular weight is 366 g/mol. The zero-order chi connectivity index (χ0) is 17.2. The van der Waals surface area contributed by atoms with Gasteiger partial charge < -0.3 is 9.80 Å². The molecule has 24 heavy (non-hydrogen) atoms. The first-order chi connectivity index (χ1) is 11.4. The summed E-state index contributed by atoms with van der Waals surface area (Å²) in [7, 11) is -1.08. The second-order valence-electron chi connectivity index (χ2n) is 5.63. The SMILES string of the molecule is CN(Cc1nccs1)c1ccc(C(=O)N2CCS(=O)(=O)CC2)cn1. The Balaban J connectivity index is 1.64. The highest BCUT2D eigenvalue weighted by Gasteiger charge is 2.25. The summed E-state index contributed by atoms with van der Waals surface area (Å²) in [5.41, 5.74) is 0.473. The van der Waals surface area contributed by atoms with Crippen molar-refractivity contribution >= 4 is 32.9 Å². The van der Waals surface area contributed by atoms with Gasteiger partial charge in [-0.05, 0) is 12.1 Å². The van der Waals surface area contributed by atoms with Gasteiger partial charge in [0, 0.05) is 37.9 Å². The fourth-order valence-electron chi connectivity index (χ4n) is 2.45. The zero-order valence-corrected chi connectivity index (χ0v) is 14.9. The summed E-state index contributed by atoms with van der Waals surface area (Å²) in [6, 6.07) is 3.52. The molecule has 128 valence electrons. The van der Waals surface area contributed by atoms with E-state index in [9.17, 15) is 13.2 Å². The van der Waals surface area contributed by atoms with Gasteiger partial charge in [0.15, 0.2) is 9.84 Å². The van der Waals surface area contributed by atoms with Gasteiger partial charge in [0.2, 0.25) is 0 Å². The van der Waals surface area contributed by atoms with Crippen molar-refractivity contribution in [3.8, 4) is 0 Å². The first-order valence-corrected chi connectivity index (χ1v) is 10.2. The number of carbonyl (C=O) groups excluding carboxylic acids is 1. The van der Waals surface area contributed by atoms with Gasteiger partial charge in [0.05, 0.1) is 23.6 Å². The molecule has 0 radical (unpaired) electrons. The van der Waals surface area contributed by atoms with Crippen LogP contribution < -0.4 is 4.90 Å². The Morgan fingerprint density at radius 2 is 2.04 bits per heavy atom. The summed E-state index contributed by atoms with van der Waals surface area (Å²) >= 11 is 1.58. The molecule has 1 saturated heterocycles. The van der Waals surface area contributed by atoms with Crippen molar-refractivity contribution in [3.05, 3.63) is 40.5 Å². The predicted octanol–water partition coefficient (Wildman–Crippen LogP) is 1.05. The van der Waals surface area contributed by atoms with E-state index >= 15 is 0 Å². The second-order valence-corrected chi connectivity index (χ2v) is 8.91. The first kappa shape index (κ1) is 16.8. The number of thiazole rings is 1. The topological polar surface area (TPSA) is 83.5 Å². The van der Waals surface area contributed by atoms with E-state index in [1.54, 1.807) is 40.8 Å². The maximum Gasteiger partial charge on any atom is 0.255 e. The molecule has 3 heterocycles. The molecule has 0 saturated carbocycles. The monoisotopic (exact) mass is 366 g/mol. The van der Waals surface area contributed by atoms with Crippen LogP contribution in [0.3, 0.4) is 0 Å². The number of anilines is 1. The largest absolute Gasteiger partial charge is 0.353 e. The Bertz CT molecular complexity index is 790. The number of carbonyl (C=O) groups is 1. The predicted molar refractivity (Wildman–Crippen MR) is 93.0 cm³/mol. The summed E-state index contributed by atoms with van der Waals surface area (Å²) in [5.74, 6) is 0.635. The van der Waals surface area contributed by atoms with Crippen LogP contribution in [0, 0.1) is 0 Å². The van der Waals surface area contributed by atoms with Crippen LogP contribution in [0.5, 0.6) is 0 Å². The lowest BCUT2D eigenvalue weighted by molar-refractivity contribution is 0.0770. The molecule has 1 aliphatic heterocycles. The quantitative estimate of drug-likeness (QED) is 0.804. The van der Waals surface area contributed by atoms with Crippen molar-refractivity contribution in [1.29, 1.82) is 0 Å². The lowest BCUT2D eigenvalue weighted by atomic mass is 10.2. The van der Waals surface area contributed by atoms with E-state index < -0.39 is 9.84 Å². The van der Waals surface area contributed by atoms with Crippen LogP contribution in [0.4, 0.5) is 5.82 Å². The molecule has 1 fully saturated rings. The standard InChI is InChI=1S/C15H18N4O3S2/c1-18(11-14-16-4-7-23-14)13-3-2-12(10-17-13)15(20)19-5-8-24(21,22)9-6-19/h2-4,7,10H,5-6,8-9,11H2,1H3. The molecule has 7 nitrogen and oxygen atoms in total. The van der Waals surface area contributed by atoms with Gasteiger partial charge in [-0.3, -0.25) is 4.79 Å². The van der Waals surface area contributed by atoms with E-state index in [0.29, 0.717) is 12.1 Å². The maximum absolute atomic E-state index is 12.4. The Morgan fingerprint density at radius 3 is 2.62 bits per heavy atom. The van der Waals surface area contributed by atoms with Crippen molar-refractivity contribution in [3.63, 3.8) is 0 Å². The third-order valence-electron chi connectivity index (χ3n) is 3.87. The van der Waals surface area contributed by atoms with E-state index in [2.05, 4.69) is 9.97 Å². The Hall–Kier alpha value is -2.00. The first-order valence-electron chi connectivity index (χ1n) is 7.50. The summed E-state index contributed by atoms with van der Waals surface area (Å²) in [5, 5.41) is 2.92. The molecular weight excluding hydrogens is 348 g/mol.